The second-order valence-electron chi connectivity index (χ2n) is 13.2. The first kappa shape index (κ1) is 23.8. The largest absolute Gasteiger partial charge is 0.403 e. The van der Waals surface area contributed by atoms with Gasteiger partial charge in [0.1, 0.15) is 6.29 Å². The van der Waals surface area contributed by atoms with E-state index in [0.717, 1.165) is 6.42 Å². The van der Waals surface area contributed by atoms with Gasteiger partial charge in [-0.3, -0.25) is 0 Å². The van der Waals surface area contributed by atoms with Gasteiger partial charge >= 0.3 is 0 Å². The number of fused-ring (bicyclic) bond motifs is 3. The summed E-state index contributed by atoms with van der Waals surface area (Å²) in [6.07, 6.45) is 7.17. The Bertz CT molecular complexity index is 1060. The zero-order chi connectivity index (χ0) is 24.4. The van der Waals surface area contributed by atoms with Gasteiger partial charge in [-0.1, -0.05) is 108 Å². The van der Waals surface area contributed by atoms with Crippen LogP contribution in [0.2, 0.25) is 5.04 Å². The molecule has 2 fully saturated rings. The summed E-state index contributed by atoms with van der Waals surface area (Å²) in [5.41, 5.74) is 1.35. The van der Waals surface area contributed by atoms with Crippen molar-refractivity contribution in [1.82, 2.24) is 0 Å². The van der Waals surface area contributed by atoms with Gasteiger partial charge < -0.3 is 9.22 Å². The van der Waals surface area contributed by atoms with Crippen LogP contribution in [0.5, 0.6) is 0 Å². The van der Waals surface area contributed by atoms with Gasteiger partial charge in [-0.2, -0.15) is 0 Å². The standard InChI is InChI=1S/C31H40O2Si/c1-28(2,3)34(25-13-9-7-10-14-25,26-15-11-8-12-16-26)33-20-24-17-23-18-29(4,5)19-27(23)30(6)21-31(24,30)22-32/h7-17,22-23,27H,18-21H2,1-6H3/t23-,27+,30-,31-/m1/s1. The summed E-state index contributed by atoms with van der Waals surface area (Å²) in [6, 6.07) is 21.7. The van der Waals surface area contributed by atoms with Crippen molar-refractivity contribution in [3.05, 3.63) is 72.3 Å². The van der Waals surface area contributed by atoms with Crippen LogP contribution in [0, 0.1) is 28.1 Å². The summed E-state index contributed by atoms with van der Waals surface area (Å²) >= 11 is 0. The number of allylic oxidation sites excluding steroid dienone is 1. The molecule has 180 valence electrons. The van der Waals surface area contributed by atoms with Crippen LogP contribution in [0.15, 0.2) is 72.3 Å². The molecule has 34 heavy (non-hydrogen) atoms. The molecule has 2 aromatic carbocycles. The summed E-state index contributed by atoms with van der Waals surface area (Å²) in [7, 11) is -2.63. The smallest absolute Gasteiger partial charge is 0.261 e. The van der Waals surface area contributed by atoms with Crippen LogP contribution in [-0.2, 0) is 9.22 Å². The molecule has 0 bridgehead atoms. The summed E-state index contributed by atoms with van der Waals surface area (Å²) < 4.78 is 7.29. The van der Waals surface area contributed by atoms with Crippen LogP contribution in [0.3, 0.4) is 0 Å². The Balaban J connectivity index is 1.58. The number of hydrogen-bond acceptors (Lipinski definition) is 2. The number of hydrogen-bond donors (Lipinski definition) is 0. The van der Waals surface area contributed by atoms with Crippen LogP contribution in [0.25, 0.3) is 0 Å². The zero-order valence-electron chi connectivity index (χ0n) is 21.7. The van der Waals surface area contributed by atoms with Crippen molar-refractivity contribution < 1.29 is 9.22 Å². The molecule has 0 aromatic heterocycles. The van der Waals surface area contributed by atoms with E-state index in [9.17, 15) is 4.79 Å². The Hall–Kier alpha value is -1.97. The van der Waals surface area contributed by atoms with Crippen molar-refractivity contribution in [1.29, 1.82) is 0 Å². The maximum absolute atomic E-state index is 12.7. The molecule has 0 spiro atoms. The molecule has 2 nitrogen and oxygen atoms in total. The Morgan fingerprint density at radius 1 is 0.941 bits per heavy atom. The molecule has 0 radical (unpaired) electrons. The molecule has 0 heterocycles. The molecule has 0 N–H and O–H groups in total. The van der Waals surface area contributed by atoms with E-state index >= 15 is 0 Å². The molecule has 0 aliphatic heterocycles. The summed E-state index contributed by atoms with van der Waals surface area (Å²) in [6.45, 7) is 14.7. The fourth-order valence-electron chi connectivity index (χ4n) is 7.74. The Morgan fingerprint density at radius 2 is 1.50 bits per heavy atom. The predicted octanol–water partition coefficient (Wildman–Crippen LogP) is 6.15. The van der Waals surface area contributed by atoms with Crippen LogP contribution < -0.4 is 10.4 Å². The minimum Gasteiger partial charge on any atom is -0.403 e. The summed E-state index contributed by atoms with van der Waals surface area (Å²) in [5.74, 6) is 1.18. The molecule has 4 atom stereocenters. The lowest BCUT2D eigenvalue weighted by atomic mass is 9.69. The maximum Gasteiger partial charge on any atom is 0.261 e. The van der Waals surface area contributed by atoms with Gasteiger partial charge in [0.2, 0.25) is 0 Å². The van der Waals surface area contributed by atoms with Gasteiger partial charge in [0.15, 0.2) is 0 Å². The average Bonchev–Trinajstić information content (AvgIpc) is 3.32. The van der Waals surface area contributed by atoms with E-state index < -0.39 is 8.32 Å². The van der Waals surface area contributed by atoms with E-state index in [1.54, 1.807) is 0 Å². The molecular weight excluding hydrogens is 432 g/mol. The van der Waals surface area contributed by atoms with Gasteiger partial charge in [-0.15, -0.1) is 0 Å². The van der Waals surface area contributed by atoms with Crippen molar-refractivity contribution in [3.8, 4) is 0 Å². The van der Waals surface area contributed by atoms with Crippen molar-refractivity contribution in [2.45, 2.75) is 65.8 Å². The number of aldehydes is 1. The van der Waals surface area contributed by atoms with Gasteiger partial charge in [-0.05, 0) is 62.9 Å². The van der Waals surface area contributed by atoms with Crippen molar-refractivity contribution in [3.63, 3.8) is 0 Å². The Kier molecular flexibility index (Phi) is 5.42. The molecular formula is C31H40O2Si. The SMILES string of the molecule is CC1(C)C[C@H]2C=C(CO[Si](c3ccccc3)(c3ccccc3)C(C)(C)C)[C@]3(C=O)C[C@]3(C)[C@H]2C1. The average molecular weight is 473 g/mol. The van der Waals surface area contributed by atoms with Crippen LogP contribution in [0.4, 0.5) is 0 Å². The lowest BCUT2D eigenvalue weighted by molar-refractivity contribution is -0.113. The molecule has 3 aliphatic carbocycles. The highest BCUT2D eigenvalue weighted by atomic mass is 28.4. The highest BCUT2D eigenvalue weighted by Crippen LogP contribution is 2.77. The summed E-state index contributed by atoms with van der Waals surface area (Å²) in [5, 5.41) is 2.52. The van der Waals surface area contributed by atoms with E-state index in [4.69, 9.17) is 4.43 Å². The molecule has 0 saturated heterocycles. The highest BCUT2D eigenvalue weighted by Gasteiger charge is 2.73. The molecule has 0 amide bonds. The lowest BCUT2D eigenvalue weighted by Crippen LogP contribution is -2.66. The number of carbonyl (C=O) groups excluding carboxylic acids is 1. The van der Waals surface area contributed by atoms with Crippen LogP contribution in [-0.4, -0.2) is 21.2 Å². The van der Waals surface area contributed by atoms with Crippen molar-refractivity contribution in [2.24, 2.45) is 28.1 Å². The highest BCUT2D eigenvalue weighted by molar-refractivity contribution is 6.99. The molecule has 0 unspecified atom stereocenters. The fourth-order valence-corrected chi connectivity index (χ4v) is 12.3. The zero-order valence-corrected chi connectivity index (χ0v) is 22.7. The van der Waals surface area contributed by atoms with Gasteiger partial charge in [-0.25, -0.2) is 0 Å². The van der Waals surface area contributed by atoms with Gasteiger partial charge in [0, 0.05) is 0 Å². The minimum absolute atomic E-state index is 0.0655. The second-order valence-corrected chi connectivity index (χ2v) is 17.5. The third-order valence-corrected chi connectivity index (χ3v) is 14.5. The first-order valence-electron chi connectivity index (χ1n) is 12.9. The molecule has 5 rings (SSSR count). The van der Waals surface area contributed by atoms with Crippen molar-refractivity contribution in [2.75, 3.05) is 6.61 Å². The third kappa shape index (κ3) is 3.34. The third-order valence-electron chi connectivity index (χ3n) is 9.49. The summed E-state index contributed by atoms with van der Waals surface area (Å²) in [4.78, 5) is 12.7. The maximum atomic E-state index is 12.7. The monoisotopic (exact) mass is 472 g/mol. The minimum atomic E-state index is -2.63. The van der Waals surface area contributed by atoms with Gasteiger partial charge in [0.25, 0.3) is 8.32 Å². The Morgan fingerprint density at radius 3 is 2.00 bits per heavy atom. The quantitative estimate of drug-likeness (QED) is 0.286. The number of benzene rings is 2. The fraction of sp³-hybridized carbons (Fsp3) is 0.516. The van der Waals surface area contributed by atoms with Gasteiger partial charge in [0.05, 0.1) is 12.0 Å². The predicted molar refractivity (Wildman–Crippen MR) is 143 cm³/mol. The first-order valence-corrected chi connectivity index (χ1v) is 14.8. The number of rotatable bonds is 6. The van der Waals surface area contributed by atoms with E-state index in [1.165, 1.54) is 35.1 Å². The van der Waals surface area contributed by atoms with Crippen molar-refractivity contribution >= 4 is 25.0 Å². The van der Waals surface area contributed by atoms with Crippen LogP contribution in [0.1, 0.15) is 60.8 Å². The van der Waals surface area contributed by atoms with E-state index in [-0.39, 0.29) is 15.9 Å². The molecule has 2 aromatic rings. The second kappa shape index (κ2) is 7.76. The molecule has 2 saturated carbocycles. The molecule has 3 heteroatoms. The normalized spacial score (nSPS) is 31.9. The van der Waals surface area contributed by atoms with Crippen LogP contribution >= 0.6 is 0 Å². The van der Waals surface area contributed by atoms with E-state index in [0.29, 0.717) is 23.9 Å². The number of carbonyl (C=O) groups is 1. The topological polar surface area (TPSA) is 26.3 Å². The van der Waals surface area contributed by atoms with E-state index in [2.05, 4.69) is 108 Å². The Labute approximate surface area is 206 Å². The first-order chi connectivity index (χ1) is 16.0. The lowest BCUT2D eigenvalue weighted by Gasteiger charge is -2.44. The van der Waals surface area contributed by atoms with E-state index in [1.807, 2.05) is 0 Å². The molecule has 3 aliphatic rings.